The first-order chi connectivity index (χ1) is 14.0. The van der Waals surface area contributed by atoms with Gasteiger partial charge in [0, 0.05) is 24.6 Å². The van der Waals surface area contributed by atoms with Crippen LogP contribution in [0.4, 0.5) is 10.2 Å². The maximum atomic E-state index is 13.6. The summed E-state index contributed by atoms with van der Waals surface area (Å²) >= 11 is 0. The molecule has 1 aromatic heterocycles. The minimum absolute atomic E-state index is 0.153. The number of halogens is 1. The van der Waals surface area contributed by atoms with Crippen LogP contribution in [-0.4, -0.2) is 67.8 Å². The Morgan fingerprint density at radius 1 is 1.28 bits per heavy atom. The molecule has 29 heavy (non-hydrogen) atoms. The Bertz CT molecular complexity index is 835. The first-order valence-corrected chi connectivity index (χ1v) is 9.70. The number of carbonyl (C=O) groups is 2. The zero-order valence-electron chi connectivity index (χ0n) is 16.4. The second kappa shape index (κ2) is 10.1. The molecule has 2 N–H and O–H groups in total. The van der Waals surface area contributed by atoms with Crippen LogP contribution in [0.25, 0.3) is 0 Å². The van der Waals surface area contributed by atoms with Crippen molar-refractivity contribution in [2.45, 2.75) is 13.3 Å². The van der Waals surface area contributed by atoms with Gasteiger partial charge in [-0.1, -0.05) is 11.2 Å². The number of aryl methyl sites for hydroxylation is 1. The molecule has 1 saturated heterocycles. The largest absolute Gasteiger partial charge is 0.370 e. The maximum absolute atomic E-state index is 13.6. The molecule has 1 aromatic carbocycles. The Morgan fingerprint density at radius 2 is 2.07 bits per heavy atom. The van der Waals surface area contributed by atoms with Crippen molar-refractivity contribution >= 4 is 17.6 Å². The second-order valence-corrected chi connectivity index (χ2v) is 7.07. The highest BCUT2D eigenvalue weighted by molar-refractivity contribution is 5.99. The number of rotatable bonds is 8. The first kappa shape index (κ1) is 20.9. The van der Waals surface area contributed by atoms with Crippen molar-refractivity contribution in [2.24, 2.45) is 0 Å². The fourth-order valence-corrected chi connectivity index (χ4v) is 3.27. The van der Waals surface area contributed by atoms with E-state index < -0.39 is 5.82 Å². The number of morpholine rings is 1. The average Bonchev–Trinajstić information content (AvgIpc) is 3.12. The predicted octanol–water partition coefficient (Wildman–Crippen LogP) is 0.508. The number of nitrogens with zero attached hydrogens (tertiary/aromatic N) is 2. The molecule has 3 rings (SSSR count). The van der Waals surface area contributed by atoms with Crippen molar-refractivity contribution in [3.05, 3.63) is 47.5 Å². The lowest BCUT2D eigenvalue weighted by Crippen LogP contribution is -3.14. The van der Waals surface area contributed by atoms with Crippen molar-refractivity contribution in [1.82, 2.24) is 10.1 Å². The number of aromatic nitrogens is 1. The van der Waals surface area contributed by atoms with Crippen LogP contribution in [-0.2, 0) is 9.53 Å². The summed E-state index contributed by atoms with van der Waals surface area (Å²) in [5, 5.41) is 6.34. The van der Waals surface area contributed by atoms with Gasteiger partial charge in [0.15, 0.2) is 5.82 Å². The molecule has 1 fully saturated rings. The zero-order chi connectivity index (χ0) is 20.6. The number of benzene rings is 1. The summed E-state index contributed by atoms with van der Waals surface area (Å²) in [4.78, 5) is 28.2. The Kier molecular flexibility index (Phi) is 7.31. The highest BCUT2D eigenvalue weighted by atomic mass is 19.1. The summed E-state index contributed by atoms with van der Waals surface area (Å²) in [5.74, 6) is -0.393. The molecule has 2 amide bonds. The molecular formula is C20H26FN4O4+. The van der Waals surface area contributed by atoms with E-state index in [0.717, 1.165) is 39.3 Å². The second-order valence-electron chi connectivity index (χ2n) is 7.07. The van der Waals surface area contributed by atoms with Gasteiger partial charge in [-0.05, 0) is 25.1 Å². The molecule has 156 valence electrons. The van der Waals surface area contributed by atoms with Gasteiger partial charge in [0.05, 0.1) is 19.8 Å². The highest BCUT2D eigenvalue weighted by Crippen LogP contribution is 2.10. The summed E-state index contributed by atoms with van der Waals surface area (Å²) < 4.78 is 23.8. The number of carbonyl (C=O) groups excluding carboxylic acids is 2. The van der Waals surface area contributed by atoms with Gasteiger partial charge in [-0.2, -0.15) is 0 Å². The lowest BCUT2D eigenvalue weighted by atomic mass is 10.2. The SMILES string of the molecule is Cc1cc(NC(=O)CN(CCC[NH+]2CCOCC2)C(=O)c2cccc(F)c2)no1. The van der Waals surface area contributed by atoms with Gasteiger partial charge in [0.25, 0.3) is 5.91 Å². The summed E-state index contributed by atoms with van der Waals surface area (Å²) in [6.07, 6.45) is 0.729. The zero-order valence-corrected chi connectivity index (χ0v) is 16.4. The lowest BCUT2D eigenvalue weighted by molar-refractivity contribution is -0.908. The molecule has 1 aliphatic rings. The van der Waals surface area contributed by atoms with Gasteiger partial charge < -0.3 is 24.4 Å². The van der Waals surface area contributed by atoms with Crippen molar-refractivity contribution in [1.29, 1.82) is 0 Å². The van der Waals surface area contributed by atoms with Crippen molar-refractivity contribution < 1.29 is 28.1 Å². The van der Waals surface area contributed by atoms with Gasteiger partial charge in [-0.25, -0.2) is 4.39 Å². The maximum Gasteiger partial charge on any atom is 0.254 e. The molecule has 0 unspecified atom stereocenters. The van der Waals surface area contributed by atoms with Crippen molar-refractivity contribution in [3.8, 4) is 0 Å². The lowest BCUT2D eigenvalue weighted by Gasteiger charge is -2.26. The van der Waals surface area contributed by atoms with Gasteiger partial charge in [-0.15, -0.1) is 0 Å². The van der Waals surface area contributed by atoms with E-state index in [-0.39, 0.29) is 23.9 Å². The molecule has 0 spiro atoms. The molecule has 0 aliphatic carbocycles. The van der Waals surface area contributed by atoms with E-state index in [2.05, 4.69) is 10.5 Å². The molecule has 9 heteroatoms. The normalized spacial score (nSPS) is 14.6. The number of hydrogen-bond acceptors (Lipinski definition) is 5. The molecule has 0 bridgehead atoms. The van der Waals surface area contributed by atoms with Crippen LogP contribution in [0.2, 0.25) is 0 Å². The Morgan fingerprint density at radius 3 is 2.76 bits per heavy atom. The van der Waals surface area contributed by atoms with Crippen LogP contribution in [0, 0.1) is 12.7 Å². The molecule has 1 aliphatic heterocycles. The number of ether oxygens (including phenoxy) is 1. The van der Waals surface area contributed by atoms with Gasteiger partial charge in [0.1, 0.15) is 31.2 Å². The van der Waals surface area contributed by atoms with E-state index in [1.807, 2.05) is 0 Å². The van der Waals surface area contributed by atoms with E-state index in [4.69, 9.17) is 9.26 Å². The van der Waals surface area contributed by atoms with Crippen LogP contribution in [0.3, 0.4) is 0 Å². The van der Waals surface area contributed by atoms with Gasteiger partial charge in [0.2, 0.25) is 5.91 Å². The number of nitrogens with one attached hydrogen (secondary N) is 2. The molecular weight excluding hydrogens is 379 g/mol. The third-order valence-electron chi connectivity index (χ3n) is 4.75. The van der Waals surface area contributed by atoms with E-state index >= 15 is 0 Å². The Balaban J connectivity index is 1.62. The summed E-state index contributed by atoms with van der Waals surface area (Å²) in [7, 11) is 0. The molecule has 2 aromatic rings. The minimum Gasteiger partial charge on any atom is -0.370 e. The number of hydrogen-bond donors (Lipinski definition) is 2. The van der Waals surface area contributed by atoms with Crippen molar-refractivity contribution in [3.63, 3.8) is 0 Å². The van der Waals surface area contributed by atoms with Gasteiger partial charge >= 0.3 is 0 Å². The van der Waals surface area contributed by atoms with Crippen LogP contribution in [0.5, 0.6) is 0 Å². The van der Waals surface area contributed by atoms with Crippen LogP contribution >= 0.6 is 0 Å². The van der Waals surface area contributed by atoms with E-state index in [1.54, 1.807) is 19.1 Å². The van der Waals surface area contributed by atoms with Gasteiger partial charge in [-0.3, -0.25) is 9.59 Å². The summed E-state index contributed by atoms with van der Waals surface area (Å²) in [6.45, 7) is 6.18. The Hall–Kier alpha value is -2.78. The minimum atomic E-state index is -0.490. The standard InChI is InChI=1S/C20H25FN4O4/c1-15-12-18(23-29-15)22-19(26)14-25(7-3-6-24-8-10-28-11-9-24)20(27)16-4-2-5-17(21)13-16/h2,4-5,12-13H,3,6-11,14H2,1H3,(H,22,23,26)/p+1. The smallest absolute Gasteiger partial charge is 0.254 e. The Labute approximate surface area is 168 Å². The van der Waals surface area contributed by atoms with Crippen molar-refractivity contribution in [2.75, 3.05) is 51.3 Å². The summed E-state index contributed by atoms with van der Waals surface area (Å²) in [6, 6.07) is 7.09. The third kappa shape index (κ3) is 6.37. The quantitative estimate of drug-likeness (QED) is 0.668. The summed E-state index contributed by atoms with van der Waals surface area (Å²) in [5.41, 5.74) is 0.216. The van der Waals surface area contributed by atoms with E-state index in [0.29, 0.717) is 18.1 Å². The molecule has 0 atom stereocenters. The fourth-order valence-electron chi connectivity index (χ4n) is 3.27. The molecule has 0 saturated carbocycles. The van der Waals surface area contributed by atoms with E-state index in [1.165, 1.54) is 28.0 Å². The predicted molar refractivity (Wildman–Crippen MR) is 103 cm³/mol. The topological polar surface area (TPSA) is 89.1 Å². The van der Waals surface area contributed by atoms with Crippen LogP contribution in [0.1, 0.15) is 22.5 Å². The van der Waals surface area contributed by atoms with Crippen LogP contribution in [0.15, 0.2) is 34.9 Å². The number of quaternary nitrogens is 1. The fraction of sp³-hybridized carbons (Fsp3) is 0.450. The molecule has 2 heterocycles. The highest BCUT2D eigenvalue weighted by Gasteiger charge is 2.21. The monoisotopic (exact) mass is 405 g/mol. The number of amides is 2. The first-order valence-electron chi connectivity index (χ1n) is 9.70. The molecule has 8 nitrogen and oxygen atoms in total. The van der Waals surface area contributed by atoms with E-state index in [9.17, 15) is 14.0 Å². The molecule has 0 radical (unpaired) electrons. The average molecular weight is 405 g/mol. The third-order valence-corrected chi connectivity index (χ3v) is 4.75. The number of anilines is 1. The van der Waals surface area contributed by atoms with Crippen LogP contribution < -0.4 is 10.2 Å².